The second-order valence-electron chi connectivity index (χ2n) is 7.67. The third-order valence-corrected chi connectivity index (χ3v) is 7.12. The van der Waals surface area contributed by atoms with Crippen LogP contribution < -0.4 is 11.1 Å². The van der Waals surface area contributed by atoms with Crippen molar-refractivity contribution in [3.63, 3.8) is 0 Å². The van der Waals surface area contributed by atoms with Crippen molar-refractivity contribution in [2.24, 2.45) is 5.73 Å². The van der Waals surface area contributed by atoms with Crippen LogP contribution in [0.2, 0.25) is 0 Å². The lowest BCUT2D eigenvalue weighted by molar-refractivity contribution is -0.120. The third-order valence-electron chi connectivity index (χ3n) is 5.32. The Morgan fingerprint density at radius 3 is 2.77 bits per heavy atom. The number of hydrogen-bond acceptors (Lipinski definition) is 7. The Morgan fingerprint density at radius 1 is 1.27 bits per heavy atom. The van der Waals surface area contributed by atoms with E-state index >= 15 is 0 Å². The van der Waals surface area contributed by atoms with Crippen LogP contribution >= 0.6 is 11.3 Å². The van der Waals surface area contributed by atoms with Crippen molar-refractivity contribution < 1.29 is 13.2 Å². The lowest BCUT2D eigenvalue weighted by Gasteiger charge is -2.04. The average Bonchev–Trinajstić information content (AvgIpc) is 3.22. The van der Waals surface area contributed by atoms with E-state index in [2.05, 4.69) is 15.4 Å². The van der Waals surface area contributed by atoms with Gasteiger partial charge in [0, 0.05) is 16.6 Å². The summed E-state index contributed by atoms with van der Waals surface area (Å²) >= 11 is 1.61. The fourth-order valence-electron chi connectivity index (χ4n) is 3.49. The number of aromatic nitrogens is 3. The monoisotopic (exact) mass is 441 g/mol. The molecule has 3 heterocycles. The molecule has 1 aliphatic rings. The number of sulfone groups is 1. The SMILES string of the molecule is CS(=O)(=O)CNc1ccc2sc(-c3cccc4nc(C5(C(N)=O)CC5)nn34)cc2c1. The minimum Gasteiger partial charge on any atom is -0.372 e. The highest BCUT2D eigenvalue weighted by molar-refractivity contribution is 7.90. The first-order valence-corrected chi connectivity index (χ1v) is 12.2. The highest BCUT2D eigenvalue weighted by Gasteiger charge is 2.53. The third kappa shape index (κ3) is 3.21. The maximum atomic E-state index is 11.9. The number of nitrogens with one attached hydrogen (secondary N) is 1. The number of thiophene rings is 1. The number of anilines is 1. The van der Waals surface area contributed by atoms with Crippen molar-refractivity contribution >= 4 is 48.5 Å². The van der Waals surface area contributed by atoms with E-state index in [4.69, 9.17) is 5.73 Å². The molecule has 1 amide bonds. The molecular formula is C20H19N5O3S2. The summed E-state index contributed by atoms with van der Waals surface area (Å²) in [7, 11) is -3.11. The van der Waals surface area contributed by atoms with Gasteiger partial charge in [-0.05, 0) is 54.6 Å². The van der Waals surface area contributed by atoms with Crippen LogP contribution in [-0.2, 0) is 20.0 Å². The molecule has 3 N–H and O–H groups in total. The van der Waals surface area contributed by atoms with E-state index in [1.807, 2.05) is 42.5 Å². The van der Waals surface area contributed by atoms with E-state index in [0.717, 1.165) is 26.3 Å². The van der Waals surface area contributed by atoms with Crippen molar-refractivity contribution in [1.29, 1.82) is 0 Å². The Hall–Kier alpha value is -2.98. The average molecular weight is 442 g/mol. The van der Waals surface area contributed by atoms with E-state index in [0.29, 0.717) is 24.3 Å². The first-order chi connectivity index (χ1) is 14.2. The number of carbonyl (C=O) groups is 1. The van der Waals surface area contributed by atoms with Crippen molar-refractivity contribution in [2.45, 2.75) is 18.3 Å². The molecule has 0 bridgehead atoms. The predicted octanol–water partition coefficient (Wildman–Crippen LogP) is 2.54. The van der Waals surface area contributed by atoms with Crippen LogP contribution in [0.3, 0.4) is 0 Å². The number of rotatable bonds is 6. The van der Waals surface area contributed by atoms with E-state index in [1.165, 1.54) is 6.26 Å². The number of primary amides is 1. The lowest BCUT2D eigenvalue weighted by Crippen LogP contribution is -2.29. The molecule has 0 aliphatic heterocycles. The van der Waals surface area contributed by atoms with Gasteiger partial charge >= 0.3 is 0 Å². The summed E-state index contributed by atoms with van der Waals surface area (Å²) < 4.78 is 25.6. The van der Waals surface area contributed by atoms with Crippen LogP contribution in [0.25, 0.3) is 26.3 Å². The molecule has 0 spiro atoms. The molecule has 0 radical (unpaired) electrons. The summed E-state index contributed by atoms with van der Waals surface area (Å²) in [4.78, 5) is 17.4. The number of nitrogens with zero attached hydrogens (tertiary/aromatic N) is 3. The van der Waals surface area contributed by atoms with Gasteiger partial charge in [0.15, 0.2) is 21.3 Å². The highest BCUT2D eigenvalue weighted by atomic mass is 32.2. The largest absolute Gasteiger partial charge is 0.372 e. The summed E-state index contributed by atoms with van der Waals surface area (Å²) in [5.74, 6) is -0.00946. The molecular weight excluding hydrogens is 422 g/mol. The van der Waals surface area contributed by atoms with Gasteiger partial charge in [0.1, 0.15) is 11.3 Å². The van der Waals surface area contributed by atoms with E-state index in [-0.39, 0.29) is 11.8 Å². The van der Waals surface area contributed by atoms with Gasteiger partial charge in [0.05, 0.1) is 10.6 Å². The molecule has 0 atom stereocenters. The summed E-state index contributed by atoms with van der Waals surface area (Å²) in [5, 5.41) is 8.56. The van der Waals surface area contributed by atoms with Crippen molar-refractivity contribution in [3.8, 4) is 10.6 Å². The molecule has 0 saturated heterocycles. The first-order valence-electron chi connectivity index (χ1n) is 9.37. The second-order valence-corrected chi connectivity index (χ2v) is 10.9. The normalized spacial score (nSPS) is 15.5. The molecule has 1 aromatic carbocycles. The van der Waals surface area contributed by atoms with Gasteiger partial charge in [0.25, 0.3) is 0 Å². The van der Waals surface area contributed by atoms with Crippen LogP contribution in [0.4, 0.5) is 5.69 Å². The van der Waals surface area contributed by atoms with Gasteiger partial charge in [-0.3, -0.25) is 4.79 Å². The Kier molecular flexibility index (Phi) is 4.13. The summed E-state index contributed by atoms with van der Waals surface area (Å²) in [6.07, 6.45) is 2.56. The molecule has 1 fully saturated rings. The van der Waals surface area contributed by atoms with E-state index < -0.39 is 15.3 Å². The molecule has 1 aliphatic carbocycles. The minimum atomic E-state index is -3.11. The Morgan fingerprint density at radius 2 is 2.07 bits per heavy atom. The molecule has 30 heavy (non-hydrogen) atoms. The van der Waals surface area contributed by atoms with Crippen LogP contribution in [-0.4, -0.2) is 41.1 Å². The van der Waals surface area contributed by atoms with Crippen molar-refractivity contribution in [3.05, 3.63) is 48.3 Å². The topological polar surface area (TPSA) is 119 Å². The smallest absolute Gasteiger partial charge is 0.231 e. The van der Waals surface area contributed by atoms with E-state index in [1.54, 1.807) is 15.9 Å². The maximum absolute atomic E-state index is 11.9. The number of nitrogens with two attached hydrogens (primary N) is 1. The zero-order chi connectivity index (χ0) is 21.1. The van der Waals surface area contributed by atoms with Gasteiger partial charge < -0.3 is 11.1 Å². The van der Waals surface area contributed by atoms with Gasteiger partial charge in [-0.25, -0.2) is 17.9 Å². The number of amides is 1. The number of fused-ring (bicyclic) bond motifs is 2. The van der Waals surface area contributed by atoms with Crippen LogP contribution in [0.1, 0.15) is 18.7 Å². The van der Waals surface area contributed by atoms with Gasteiger partial charge in [-0.1, -0.05) is 6.07 Å². The molecule has 154 valence electrons. The second kappa shape index (κ2) is 6.51. The Balaban J connectivity index is 1.55. The fraction of sp³-hybridized carbons (Fsp3) is 0.250. The maximum Gasteiger partial charge on any atom is 0.231 e. The number of benzene rings is 1. The molecule has 1 saturated carbocycles. The number of carbonyl (C=O) groups excluding carboxylic acids is 1. The van der Waals surface area contributed by atoms with Crippen LogP contribution in [0, 0.1) is 0 Å². The van der Waals surface area contributed by atoms with Crippen molar-refractivity contribution in [1.82, 2.24) is 14.6 Å². The standard InChI is InChI=1S/C20H19N5O3S2/c1-30(27,28)11-22-13-5-6-15-12(9-13)10-16(29-15)14-3-2-4-17-23-19(24-25(14)17)20(7-8-20)18(21)26/h2-6,9-10,22H,7-8,11H2,1H3,(H2,21,26). The summed E-state index contributed by atoms with van der Waals surface area (Å²) in [6, 6.07) is 13.5. The number of pyridine rings is 1. The number of hydrogen-bond donors (Lipinski definition) is 2. The molecule has 5 rings (SSSR count). The quantitative estimate of drug-likeness (QED) is 0.475. The minimum absolute atomic E-state index is 0.113. The summed E-state index contributed by atoms with van der Waals surface area (Å²) in [6.45, 7) is 0. The van der Waals surface area contributed by atoms with Crippen molar-refractivity contribution in [2.75, 3.05) is 17.4 Å². The molecule has 10 heteroatoms. The molecule has 3 aromatic heterocycles. The zero-order valence-electron chi connectivity index (χ0n) is 16.1. The highest BCUT2D eigenvalue weighted by Crippen LogP contribution is 2.46. The van der Waals surface area contributed by atoms with Gasteiger partial charge in [-0.2, -0.15) is 0 Å². The Bertz CT molecular complexity index is 1420. The predicted molar refractivity (Wildman–Crippen MR) is 117 cm³/mol. The fourth-order valence-corrected chi connectivity index (χ4v) is 4.98. The van der Waals surface area contributed by atoms with E-state index in [9.17, 15) is 13.2 Å². The van der Waals surface area contributed by atoms with Crippen LogP contribution in [0.15, 0.2) is 42.5 Å². The van der Waals surface area contributed by atoms with Gasteiger partial charge in [-0.15, -0.1) is 16.4 Å². The first kappa shape index (κ1) is 19.0. The zero-order valence-corrected chi connectivity index (χ0v) is 17.8. The molecule has 0 unspecified atom stereocenters. The lowest BCUT2D eigenvalue weighted by atomic mass is 10.1. The van der Waals surface area contributed by atoms with Gasteiger partial charge in [0.2, 0.25) is 5.91 Å². The Labute approximate surface area is 176 Å². The molecule has 8 nitrogen and oxygen atoms in total. The van der Waals surface area contributed by atoms with Crippen LogP contribution in [0.5, 0.6) is 0 Å². The summed E-state index contributed by atoms with van der Waals surface area (Å²) in [5.41, 5.74) is 7.14. The molecule has 4 aromatic rings.